The molecule has 0 saturated carbocycles. The minimum absolute atomic E-state index is 0.00830. The van der Waals surface area contributed by atoms with Gasteiger partial charge in [0.2, 0.25) is 5.91 Å². The van der Waals surface area contributed by atoms with Gasteiger partial charge in [0.15, 0.2) is 5.03 Å². The Morgan fingerprint density at radius 1 is 1.44 bits per heavy atom. The van der Waals surface area contributed by atoms with Crippen LogP contribution in [0.25, 0.3) is 0 Å². The van der Waals surface area contributed by atoms with Gasteiger partial charge in [-0.3, -0.25) is 4.79 Å². The molecule has 0 saturated heterocycles. The van der Waals surface area contributed by atoms with Crippen LogP contribution in [0.1, 0.15) is 25.6 Å². The topological polar surface area (TPSA) is 104 Å². The number of hydrogen-bond donors (Lipinski definition) is 3. The Hall–Kier alpha value is -1.41. The lowest BCUT2D eigenvalue weighted by Gasteiger charge is -2.05. The molecule has 0 aliphatic carbocycles. The van der Waals surface area contributed by atoms with Crippen molar-refractivity contribution in [2.75, 3.05) is 13.1 Å². The van der Waals surface area contributed by atoms with E-state index >= 15 is 0 Å². The number of amides is 1. The van der Waals surface area contributed by atoms with E-state index in [-0.39, 0.29) is 23.9 Å². The number of sulfonamides is 1. The SMILES string of the molecule is CCCNC(=O)CCNS(=O)(=O)c1cnc(C)[nH]1. The number of imidazole rings is 1. The highest BCUT2D eigenvalue weighted by molar-refractivity contribution is 7.89. The number of aromatic amines is 1. The van der Waals surface area contributed by atoms with Gasteiger partial charge >= 0.3 is 0 Å². The van der Waals surface area contributed by atoms with Gasteiger partial charge in [0.1, 0.15) is 5.82 Å². The minimum Gasteiger partial charge on any atom is -0.356 e. The van der Waals surface area contributed by atoms with Crippen LogP contribution in [0.15, 0.2) is 11.2 Å². The Morgan fingerprint density at radius 2 is 2.17 bits per heavy atom. The fourth-order valence-corrected chi connectivity index (χ4v) is 2.26. The zero-order valence-electron chi connectivity index (χ0n) is 10.5. The molecule has 7 nitrogen and oxygen atoms in total. The van der Waals surface area contributed by atoms with Crippen molar-refractivity contribution in [3.8, 4) is 0 Å². The predicted molar refractivity (Wildman–Crippen MR) is 66.4 cm³/mol. The van der Waals surface area contributed by atoms with Crippen molar-refractivity contribution in [3.63, 3.8) is 0 Å². The van der Waals surface area contributed by atoms with Crippen molar-refractivity contribution in [3.05, 3.63) is 12.0 Å². The number of rotatable bonds is 7. The Balaban J connectivity index is 2.41. The summed E-state index contributed by atoms with van der Waals surface area (Å²) in [5.41, 5.74) is 0. The van der Waals surface area contributed by atoms with E-state index in [2.05, 4.69) is 20.0 Å². The molecule has 0 aliphatic rings. The summed E-state index contributed by atoms with van der Waals surface area (Å²) in [5.74, 6) is 0.358. The van der Waals surface area contributed by atoms with Gasteiger partial charge in [-0.2, -0.15) is 0 Å². The summed E-state index contributed by atoms with van der Waals surface area (Å²) < 4.78 is 25.8. The first-order valence-corrected chi connectivity index (χ1v) is 7.22. The molecule has 0 aliphatic heterocycles. The molecule has 1 aromatic rings. The average Bonchev–Trinajstić information content (AvgIpc) is 2.73. The maximum atomic E-state index is 11.7. The largest absolute Gasteiger partial charge is 0.356 e. The Bertz CT molecular complexity index is 495. The average molecular weight is 274 g/mol. The molecule has 1 heterocycles. The van der Waals surface area contributed by atoms with Crippen LogP contribution in [-0.4, -0.2) is 37.4 Å². The highest BCUT2D eigenvalue weighted by Gasteiger charge is 2.16. The fraction of sp³-hybridized carbons (Fsp3) is 0.600. The van der Waals surface area contributed by atoms with Gasteiger partial charge in [-0.15, -0.1) is 0 Å². The summed E-state index contributed by atoms with van der Waals surface area (Å²) in [6, 6.07) is 0. The summed E-state index contributed by atoms with van der Waals surface area (Å²) in [4.78, 5) is 17.7. The van der Waals surface area contributed by atoms with E-state index in [9.17, 15) is 13.2 Å². The molecule has 8 heteroatoms. The summed E-state index contributed by atoms with van der Waals surface area (Å²) >= 11 is 0. The van der Waals surface area contributed by atoms with Crippen LogP contribution in [0.3, 0.4) is 0 Å². The van der Waals surface area contributed by atoms with Crippen molar-refractivity contribution in [2.45, 2.75) is 31.7 Å². The molecule has 102 valence electrons. The molecule has 0 unspecified atom stereocenters. The molecule has 1 aromatic heterocycles. The normalized spacial score (nSPS) is 11.4. The lowest BCUT2D eigenvalue weighted by Crippen LogP contribution is -2.31. The smallest absolute Gasteiger partial charge is 0.257 e. The maximum absolute atomic E-state index is 11.7. The number of carbonyl (C=O) groups excluding carboxylic acids is 1. The summed E-state index contributed by atoms with van der Waals surface area (Å²) in [7, 11) is -3.60. The maximum Gasteiger partial charge on any atom is 0.257 e. The summed E-state index contributed by atoms with van der Waals surface area (Å²) in [6.45, 7) is 4.28. The number of aromatic nitrogens is 2. The molecule has 0 radical (unpaired) electrons. The van der Waals surface area contributed by atoms with Crippen LogP contribution in [0, 0.1) is 6.92 Å². The van der Waals surface area contributed by atoms with Crippen LogP contribution in [0.2, 0.25) is 0 Å². The quantitative estimate of drug-likeness (QED) is 0.646. The second kappa shape index (κ2) is 6.50. The van der Waals surface area contributed by atoms with Gasteiger partial charge in [-0.25, -0.2) is 18.1 Å². The van der Waals surface area contributed by atoms with E-state index in [1.54, 1.807) is 6.92 Å². The number of aryl methyl sites for hydroxylation is 1. The van der Waals surface area contributed by atoms with E-state index in [1.807, 2.05) is 6.92 Å². The summed E-state index contributed by atoms with van der Waals surface area (Å²) in [6.07, 6.45) is 2.21. The van der Waals surface area contributed by atoms with E-state index < -0.39 is 10.0 Å². The van der Waals surface area contributed by atoms with Crippen LogP contribution in [0.4, 0.5) is 0 Å². The van der Waals surface area contributed by atoms with Crippen molar-refractivity contribution in [1.82, 2.24) is 20.0 Å². The summed E-state index contributed by atoms with van der Waals surface area (Å²) in [5, 5.41) is 2.68. The van der Waals surface area contributed by atoms with E-state index in [4.69, 9.17) is 0 Å². The van der Waals surface area contributed by atoms with Crippen LogP contribution in [0.5, 0.6) is 0 Å². The molecule has 1 rings (SSSR count). The number of H-pyrrole nitrogens is 1. The Morgan fingerprint density at radius 3 is 2.72 bits per heavy atom. The van der Waals surface area contributed by atoms with Crippen molar-refractivity contribution < 1.29 is 13.2 Å². The van der Waals surface area contributed by atoms with Crippen molar-refractivity contribution >= 4 is 15.9 Å². The second-order valence-electron chi connectivity index (χ2n) is 3.83. The van der Waals surface area contributed by atoms with Gasteiger partial charge in [-0.05, 0) is 13.3 Å². The molecule has 0 bridgehead atoms. The van der Waals surface area contributed by atoms with E-state index in [0.29, 0.717) is 12.4 Å². The van der Waals surface area contributed by atoms with Crippen molar-refractivity contribution in [1.29, 1.82) is 0 Å². The predicted octanol–water partition coefficient (Wildman–Crippen LogP) is -0.0873. The standard InChI is InChI=1S/C10H18N4O3S/c1-3-5-11-9(15)4-6-13-18(16,17)10-7-12-8(2)14-10/h7,13H,3-6H2,1-2H3,(H,11,15)(H,12,14). The number of carbonyl (C=O) groups is 1. The monoisotopic (exact) mass is 274 g/mol. The Labute approximate surface area is 106 Å². The van der Waals surface area contributed by atoms with Crippen molar-refractivity contribution in [2.24, 2.45) is 0 Å². The molecule has 0 aromatic carbocycles. The van der Waals surface area contributed by atoms with E-state index in [0.717, 1.165) is 6.42 Å². The van der Waals surface area contributed by atoms with E-state index in [1.165, 1.54) is 6.20 Å². The first-order valence-electron chi connectivity index (χ1n) is 5.73. The lowest BCUT2D eigenvalue weighted by atomic mass is 10.4. The lowest BCUT2D eigenvalue weighted by molar-refractivity contribution is -0.120. The molecule has 1 amide bonds. The first kappa shape index (κ1) is 14.7. The third-order valence-corrected chi connectivity index (χ3v) is 3.56. The Kier molecular flexibility index (Phi) is 5.29. The highest BCUT2D eigenvalue weighted by atomic mass is 32.2. The van der Waals surface area contributed by atoms with Gasteiger partial charge in [0.05, 0.1) is 6.20 Å². The number of nitrogens with one attached hydrogen (secondary N) is 3. The second-order valence-corrected chi connectivity index (χ2v) is 5.57. The molecule has 0 fully saturated rings. The molecule has 3 N–H and O–H groups in total. The third-order valence-electron chi connectivity index (χ3n) is 2.19. The zero-order chi connectivity index (χ0) is 13.6. The van der Waals surface area contributed by atoms with Gasteiger partial charge in [0.25, 0.3) is 10.0 Å². The van der Waals surface area contributed by atoms with Crippen LogP contribution < -0.4 is 10.0 Å². The zero-order valence-corrected chi connectivity index (χ0v) is 11.3. The number of nitrogens with zero attached hydrogens (tertiary/aromatic N) is 1. The molecular formula is C10H18N4O3S. The molecule has 0 atom stereocenters. The highest BCUT2D eigenvalue weighted by Crippen LogP contribution is 2.04. The van der Waals surface area contributed by atoms with Crippen LogP contribution >= 0.6 is 0 Å². The molecule has 0 spiro atoms. The minimum atomic E-state index is -3.60. The fourth-order valence-electron chi connectivity index (χ4n) is 1.26. The molecular weight excluding hydrogens is 256 g/mol. The van der Waals surface area contributed by atoms with Crippen LogP contribution in [-0.2, 0) is 14.8 Å². The molecule has 18 heavy (non-hydrogen) atoms. The van der Waals surface area contributed by atoms with Gasteiger partial charge in [0, 0.05) is 19.5 Å². The third kappa shape index (κ3) is 4.46. The van der Waals surface area contributed by atoms with Gasteiger partial charge in [-0.1, -0.05) is 6.92 Å². The van der Waals surface area contributed by atoms with Gasteiger partial charge < -0.3 is 10.3 Å². The first-order chi connectivity index (χ1) is 8.45. The number of hydrogen-bond acceptors (Lipinski definition) is 4.